The summed E-state index contributed by atoms with van der Waals surface area (Å²) in [6.07, 6.45) is -0.639. The van der Waals surface area contributed by atoms with Gasteiger partial charge in [0.25, 0.3) is 0 Å². The van der Waals surface area contributed by atoms with Crippen LogP contribution in [0.3, 0.4) is 0 Å². The van der Waals surface area contributed by atoms with E-state index in [1.165, 1.54) is 6.07 Å². The third-order valence-electron chi connectivity index (χ3n) is 2.50. The van der Waals surface area contributed by atoms with Crippen LogP contribution in [-0.4, -0.2) is 22.8 Å². The molecule has 0 saturated carbocycles. The number of carbonyl (C=O) groups is 2. The maximum Gasteiger partial charge on any atom is 0.412 e. The van der Waals surface area contributed by atoms with Crippen molar-refractivity contribution in [2.75, 3.05) is 5.32 Å². The maximum atomic E-state index is 11.7. The molecule has 1 rings (SSSR count). The first kappa shape index (κ1) is 16.3. The van der Waals surface area contributed by atoms with Crippen LogP contribution >= 0.6 is 11.6 Å². The molecule has 0 aliphatic rings. The summed E-state index contributed by atoms with van der Waals surface area (Å²) < 4.78 is 5.12. The van der Waals surface area contributed by atoms with Gasteiger partial charge in [-0.15, -0.1) is 0 Å². The van der Waals surface area contributed by atoms with E-state index >= 15 is 0 Å². The van der Waals surface area contributed by atoms with Crippen molar-refractivity contribution in [1.82, 2.24) is 0 Å². The van der Waals surface area contributed by atoms with Crippen molar-refractivity contribution in [3.63, 3.8) is 0 Å². The number of benzene rings is 1. The summed E-state index contributed by atoms with van der Waals surface area (Å²) in [6.45, 7) is 6.80. The van der Waals surface area contributed by atoms with Crippen molar-refractivity contribution < 1.29 is 19.4 Å². The standard InChI is InChI=1S/C14H18ClNO4/c1-8(12(17)18)9-5-6-10(15)11(7-9)16-13(19)20-14(2,3)4/h5-8H,1-4H3,(H,16,19)(H,17,18). The Bertz CT molecular complexity index is 522. The van der Waals surface area contributed by atoms with Gasteiger partial charge in [0.15, 0.2) is 0 Å². The number of hydrogen-bond donors (Lipinski definition) is 2. The molecule has 0 heterocycles. The van der Waals surface area contributed by atoms with Crippen LogP contribution < -0.4 is 5.32 Å². The summed E-state index contributed by atoms with van der Waals surface area (Å²) in [6, 6.07) is 4.69. The normalized spacial score (nSPS) is 12.7. The average Bonchev–Trinajstić information content (AvgIpc) is 2.28. The Balaban J connectivity index is 2.92. The minimum Gasteiger partial charge on any atom is -0.481 e. The van der Waals surface area contributed by atoms with Gasteiger partial charge >= 0.3 is 12.1 Å². The minimum absolute atomic E-state index is 0.317. The van der Waals surface area contributed by atoms with E-state index in [0.717, 1.165) is 0 Å². The monoisotopic (exact) mass is 299 g/mol. The zero-order valence-corrected chi connectivity index (χ0v) is 12.6. The highest BCUT2D eigenvalue weighted by Gasteiger charge is 2.19. The summed E-state index contributed by atoms with van der Waals surface area (Å²) in [5, 5.41) is 11.8. The number of amides is 1. The van der Waals surface area contributed by atoms with E-state index in [4.69, 9.17) is 21.4 Å². The Morgan fingerprint density at radius 2 is 1.95 bits per heavy atom. The number of anilines is 1. The zero-order valence-electron chi connectivity index (χ0n) is 11.9. The Morgan fingerprint density at radius 1 is 1.35 bits per heavy atom. The molecule has 1 aromatic rings. The first-order valence-corrected chi connectivity index (χ1v) is 6.50. The first-order valence-electron chi connectivity index (χ1n) is 6.12. The van der Waals surface area contributed by atoms with Gasteiger partial charge < -0.3 is 9.84 Å². The molecule has 0 saturated heterocycles. The average molecular weight is 300 g/mol. The van der Waals surface area contributed by atoms with Crippen LogP contribution in [0, 0.1) is 0 Å². The van der Waals surface area contributed by atoms with Gasteiger partial charge in [-0.2, -0.15) is 0 Å². The second kappa shape index (κ2) is 6.13. The van der Waals surface area contributed by atoms with Crippen molar-refractivity contribution in [3.05, 3.63) is 28.8 Å². The van der Waals surface area contributed by atoms with E-state index < -0.39 is 23.6 Å². The van der Waals surface area contributed by atoms with E-state index in [1.807, 2.05) is 0 Å². The SMILES string of the molecule is CC(C(=O)O)c1ccc(Cl)c(NC(=O)OC(C)(C)C)c1. The molecule has 1 atom stereocenters. The fraction of sp³-hybridized carbons (Fsp3) is 0.429. The molecule has 1 unspecified atom stereocenters. The highest BCUT2D eigenvalue weighted by atomic mass is 35.5. The summed E-state index contributed by atoms with van der Waals surface area (Å²) in [5.41, 5.74) is 0.252. The molecule has 0 spiro atoms. The number of carboxylic acids is 1. The van der Waals surface area contributed by atoms with Crippen LogP contribution in [-0.2, 0) is 9.53 Å². The Kier molecular flexibility index (Phi) is 5.00. The van der Waals surface area contributed by atoms with Crippen LogP contribution in [0.4, 0.5) is 10.5 Å². The predicted octanol–water partition coefficient (Wildman–Crippen LogP) is 3.88. The first-order chi connectivity index (χ1) is 9.10. The minimum atomic E-state index is -0.949. The number of hydrogen-bond acceptors (Lipinski definition) is 3. The van der Waals surface area contributed by atoms with Crippen LogP contribution in [0.15, 0.2) is 18.2 Å². The highest BCUT2D eigenvalue weighted by Crippen LogP contribution is 2.27. The van der Waals surface area contributed by atoms with Crippen molar-refractivity contribution in [2.45, 2.75) is 39.2 Å². The summed E-state index contributed by atoms with van der Waals surface area (Å²) in [7, 11) is 0. The van der Waals surface area contributed by atoms with Crippen molar-refractivity contribution in [1.29, 1.82) is 0 Å². The Morgan fingerprint density at radius 3 is 2.45 bits per heavy atom. The molecule has 0 fully saturated rings. The van der Waals surface area contributed by atoms with Crippen LogP contribution in [0.2, 0.25) is 5.02 Å². The zero-order chi connectivity index (χ0) is 15.5. The molecule has 0 aliphatic carbocycles. The van der Waals surface area contributed by atoms with Crippen molar-refractivity contribution in [3.8, 4) is 0 Å². The van der Waals surface area contributed by atoms with Gasteiger partial charge in [-0.1, -0.05) is 17.7 Å². The van der Waals surface area contributed by atoms with E-state index in [2.05, 4.69) is 5.32 Å². The molecule has 5 nitrogen and oxygen atoms in total. The van der Waals surface area contributed by atoms with E-state index in [9.17, 15) is 9.59 Å². The highest BCUT2D eigenvalue weighted by molar-refractivity contribution is 6.33. The topological polar surface area (TPSA) is 75.6 Å². The van der Waals surface area contributed by atoms with Gasteiger partial charge in [0.1, 0.15) is 5.60 Å². The molecule has 2 N–H and O–H groups in total. The lowest BCUT2D eigenvalue weighted by molar-refractivity contribution is -0.138. The third-order valence-corrected chi connectivity index (χ3v) is 2.83. The second-order valence-corrected chi connectivity index (χ2v) is 5.83. The number of halogens is 1. The summed E-state index contributed by atoms with van der Waals surface area (Å²) >= 11 is 5.98. The number of nitrogens with one attached hydrogen (secondary N) is 1. The number of rotatable bonds is 3. The molecule has 1 aromatic carbocycles. The number of carbonyl (C=O) groups excluding carboxylic acids is 1. The van der Waals surface area contributed by atoms with Crippen LogP contribution in [0.5, 0.6) is 0 Å². The van der Waals surface area contributed by atoms with E-state index in [1.54, 1.807) is 39.8 Å². The van der Waals surface area contributed by atoms with Crippen LogP contribution in [0.1, 0.15) is 39.2 Å². The van der Waals surface area contributed by atoms with Gasteiger partial charge in [0, 0.05) is 0 Å². The lowest BCUT2D eigenvalue weighted by Gasteiger charge is -2.20. The lowest BCUT2D eigenvalue weighted by Crippen LogP contribution is -2.27. The molecule has 20 heavy (non-hydrogen) atoms. The van der Waals surface area contributed by atoms with Gasteiger partial charge in [-0.05, 0) is 45.4 Å². The van der Waals surface area contributed by atoms with Crippen molar-refractivity contribution in [2.24, 2.45) is 0 Å². The quantitative estimate of drug-likeness (QED) is 0.888. The smallest absolute Gasteiger partial charge is 0.412 e. The van der Waals surface area contributed by atoms with Gasteiger partial charge in [0.05, 0.1) is 16.6 Å². The molecule has 0 radical (unpaired) electrons. The summed E-state index contributed by atoms with van der Waals surface area (Å²) in [4.78, 5) is 22.6. The maximum absolute atomic E-state index is 11.7. The molecule has 6 heteroatoms. The Hall–Kier alpha value is -1.75. The number of ether oxygens (including phenoxy) is 1. The molecule has 110 valence electrons. The lowest BCUT2D eigenvalue weighted by atomic mass is 10.0. The number of carboxylic acid groups (broad SMARTS) is 1. The fourth-order valence-electron chi connectivity index (χ4n) is 1.46. The van der Waals surface area contributed by atoms with Crippen molar-refractivity contribution >= 4 is 29.4 Å². The molecular formula is C14H18ClNO4. The molecule has 0 aliphatic heterocycles. The third kappa shape index (κ3) is 4.74. The fourth-order valence-corrected chi connectivity index (χ4v) is 1.63. The van der Waals surface area contributed by atoms with Gasteiger partial charge in [-0.3, -0.25) is 10.1 Å². The Labute approximate surface area is 122 Å². The van der Waals surface area contributed by atoms with E-state index in [-0.39, 0.29) is 0 Å². The molecule has 0 bridgehead atoms. The van der Waals surface area contributed by atoms with Gasteiger partial charge in [0.2, 0.25) is 0 Å². The summed E-state index contributed by atoms with van der Waals surface area (Å²) in [5.74, 6) is -1.64. The predicted molar refractivity (Wildman–Crippen MR) is 77.4 cm³/mol. The molecular weight excluding hydrogens is 282 g/mol. The van der Waals surface area contributed by atoms with E-state index in [0.29, 0.717) is 16.3 Å². The second-order valence-electron chi connectivity index (χ2n) is 5.43. The van der Waals surface area contributed by atoms with Gasteiger partial charge in [-0.25, -0.2) is 4.79 Å². The molecule has 1 amide bonds. The van der Waals surface area contributed by atoms with Crippen LogP contribution in [0.25, 0.3) is 0 Å². The molecule has 0 aromatic heterocycles. The largest absolute Gasteiger partial charge is 0.481 e. The number of aliphatic carboxylic acids is 1.